The predicted molar refractivity (Wildman–Crippen MR) is 157 cm³/mol. The number of nitrogens with zero attached hydrogens (tertiary/aromatic N) is 3. The third-order valence-corrected chi connectivity index (χ3v) is 5.83. The van der Waals surface area contributed by atoms with Crippen molar-refractivity contribution in [3.8, 4) is 5.75 Å². The molecule has 0 aliphatic heterocycles. The maximum Gasteiger partial charge on any atom is 0.249 e. The van der Waals surface area contributed by atoms with E-state index < -0.39 is 5.91 Å². The Morgan fingerprint density at radius 3 is 2.37 bits per heavy atom. The number of hydrogen-bond donors (Lipinski definition) is 2. The summed E-state index contributed by atoms with van der Waals surface area (Å²) in [7, 11) is 0. The van der Waals surface area contributed by atoms with Crippen LogP contribution in [-0.2, 0) is 6.61 Å². The molecule has 1 aliphatic carbocycles. The van der Waals surface area contributed by atoms with Crippen molar-refractivity contribution in [2.24, 2.45) is 16.5 Å². The smallest absolute Gasteiger partial charge is 0.249 e. The van der Waals surface area contributed by atoms with Gasteiger partial charge in [0.2, 0.25) is 5.91 Å². The Morgan fingerprint density at radius 2 is 1.71 bits per heavy atom. The summed E-state index contributed by atoms with van der Waals surface area (Å²) in [6.45, 7) is 0.200. The molecule has 0 bridgehead atoms. The van der Waals surface area contributed by atoms with E-state index in [9.17, 15) is 4.79 Å². The van der Waals surface area contributed by atoms with Gasteiger partial charge in [0.25, 0.3) is 0 Å². The number of fused-ring (bicyclic) bond motifs is 1. The molecule has 4 N–H and O–H groups in total. The van der Waals surface area contributed by atoms with Crippen LogP contribution in [0.5, 0.6) is 5.75 Å². The van der Waals surface area contributed by atoms with Gasteiger partial charge >= 0.3 is 0 Å². The summed E-state index contributed by atoms with van der Waals surface area (Å²) in [6.07, 6.45) is 11.7. The second-order valence-corrected chi connectivity index (χ2v) is 9.65. The fraction of sp³-hybridized carbons (Fsp3) is 0.200. The number of rotatable bonds is 8. The molecule has 8 heteroatoms. The highest BCUT2D eigenvalue weighted by Gasteiger charge is 2.19. The van der Waals surface area contributed by atoms with Gasteiger partial charge in [-0.15, -0.1) is 0 Å². The topological polar surface area (TPSA) is 116 Å². The zero-order chi connectivity index (χ0) is 26.9. The Kier molecular flexibility index (Phi) is 9.11. The molecule has 5 rings (SSSR count). The SMILES string of the molecule is CSC.NC(=O)c1cc(COc2ccc(/C(N)=C(/C=NC3CC3)c3ccncc3)cc2)nc2ccccc12. The van der Waals surface area contributed by atoms with Gasteiger partial charge in [-0.3, -0.25) is 14.8 Å². The molecule has 1 aliphatic rings. The molecule has 38 heavy (non-hydrogen) atoms. The Balaban J connectivity index is 0.00000107. The highest BCUT2D eigenvalue weighted by Crippen LogP contribution is 2.27. The van der Waals surface area contributed by atoms with E-state index >= 15 is 0 Å². The van der Waals surface area contributed by atoms with Crippen molar-refractivity contribution in [2.45, 2.75) is 25.5 Å². The lowest BCUT2D eigenvalue weighted by Gasteiger charge is -2.11. The molecule has 2 aromatic carbocycles. The number of primary amides is 1. The van der Waals surface area contributed by atoms with E-state index in [1.165, 1.54) is 0 Å². The zero-order valence-electron chi connectivity index (χ0n) is 21.5. The number of carbonyl (C=O) groups excluding carboxylic acids is 1. The molecule has 2 aromatic heterocycles. The van der Waals surface area contributed by atoms with Crippen LogP contribution >= 0.6 is 11.8 Å². The number of amides is 1. The summed E-state index contributed by atoms with van der Waals surface area (Å²) >= 11 is 1.75. The lowest BCUT2D eigenvalue weighted by Crippen LogP contribution is -2.13. The van der Waals surface area contributed by atoms with E-state index in [4.69, 9.17) is 16.2 Å². The van der Waals surface area contributed by atoms with Crippen molar-refractivity contribution in [2.75, 3.05) is 12.5 Å². The standard InChI is InChI=1S/C28H25N5O2.C2H6S/c29-27(25(16-32-20-7-8-20)18-11-13-31-14-12-18)19-5-9-22(10-6-19)35-17-21-15-24(28(30)34)23-3-1-2-4-26(23)33-21;1-3-2/h1-6,9-16,20H,7-8,17,29H2,(H2,30,34);1-2H3/b27-25+,32-16?;. The van der Waals surface area contributed by atoms with Gasteiger partial charge in [-0.05, 0) is 85.0 Å². The number of carbonyl (C=O) groups is 1. The van der Waals surface area contributed by atoms with Crippen LogP contribution in [0.15, 0.2) is 84.1 Å². The first-order valence-corrected chi connectivity index (χ1v) is 13.9. The maximum absolute atomic E-state index is 11.9. The first kappa shape index (κ1) is 26.9. The Bertz CT molecular complexity index is 1450. The number of thioether (sulfide) groups is 1. The van der Waals surface area contributed by atoms with E-state index in [1.807, 2.05) is 79.4 Å². The van der Waals surface area contributed by atoms with Crippen LogP contribution in [0.2, 0.25) is 0 Å². The number of nitrogens with two attached hydrogens (primary N) is 2. The predicted octanol–water partition coefficient (Wildman–Crippen LogP) is 5.35. The third-order valence-electron chi connectivity index (χ3n) is 5.83. The number of para-hydroxylation sites is 1. The van der Waals surface area contributed by atoms with Crippen molar-refractivity contribution in [3.05, 3.63) is 102 Å². The fourth-order valence-electron chi connectivity index (χ4n) is 3.79. The summed E-state index contributed by atoms with van der Waals surface area (Å²) in [6, 6.07) is 20.9. The number of ether oxygens (including phenoxy) is 1. The maximum atomic E-state index is 11.9. The molecular formula is C30H31N5O2S. The molecule has 1 amide bonds. The minimum absolute atomic E-state index is 0.200. The van der Waals surface area contributed by atoms with Crippen molar-refractivity contribution in [1.82, 2.24) is 9.97 Å². The van der Waals surface area contributed by atoms with Gasteiger partial charge in [0.05, 0.1) is 22.8 Å². The lowest BCUT2D eigenvalue weighted by molar-refractivity contribution is 0.100. The number of aliphatic imine (C=N–C) groups is 1. The van der Waals surface area contributed by atoms with Gasteiger partial charge in [-0.1, -0.05) is 18.2 Å². The van der Waals surface area contributed by atoms with E-state index in [0.29, 0.717) is 34.3 Å². The molecule has 0 saturated heterocycles. The average Bonchev–Trinajstić information content (AvgIpc) is 3.77. The monoisotopic (exact) mass is 525 g/mol. The van der Waals surface area contributed by atoms with Crippen molar-refractivity contribution in [1.29, 1.82) is 0 Å². The van der Waals surface area contributed by atoms with E-state index in [1.54, 1.807) is 30.2 Å². The van der Waals surface area contributed by atoms with Crippen LogP contribution in [0.25, 0.3) is 22.2 Å². The number of pyridine rings is 2. The van der Waals surface area contributed by atoms with E-state index in [-0.39, 0.29) is 6.61 Å². The average molecular weight is 526 g/mol. The van der Waals surface area contributed by atoms with Gasteiger partial charge < -0.3 is 16.2 Å². The first-order chi connectivity index (χ1) is 18.5. The Labute approximate surface area is 227 Å². The molecule has 1 fully saturated rings. The van der Waals surface area contributed by atoms with E-state index in [0.717, 1.165) is 34.9 Å². The third kappa shape index (κ3) is 6.98. The summed E-state index contributed by atoms with van der Waals surface area (Å²) in [4.78, 5) is 25.2. The van der Waals surface area contributed by atoms with Gasteiger partial charge in [0, 0.05) is 35.3 Å². The summed E-state index contributed by atoms with van der Waals surface area (Å²) in [5.74, 6) is 0.168. The number of benzene rings is 2. The highest BCUT2D eigenvalue weighted by atomic mass is 32.2. The minimum atomic E-state index is -0.494. The quantitative estimate of drug-likeness (QED) is 0.300. The van der Waals surface area contributed by atoms with Crippen LogP contribution in [0, 0.1) is 0 Å². The van der Waals surface area contributed by atoms with Gasteiger partial charge in [-0.25, -0.2) is 4.98 Å². The van der Waals surface area contributed by atoms with Crippen molar-refractivity contribution >= 4 is 46.1 Å². The molecular weight excluding hydrogens is 494 g/mol. The second kappa shape index (κ2) is 12.9. The number of aromatic nitrogens is 2. The molecule has 2 heterocycles. The molecule has 1 saturated carbocycles. The Hall–Kier alpha value is -4.17. The van der Waals surface area contributed by atoms with Crippen LogP contribution < -0.4 is 16.2 Å². The minimum Gasteiger partial charge on any atom is -0.487 e. The van der Waals surface area contributed by atoms with E-state index in [2.05, 4.69) is 15.0 Å². The number of allylic oxidation sites excluding steroid dienone is 1. The Morgan fingerprint density at radius 1 is 1.03 bits per heavy atom. The summed E-state index contributed by atoms with van der Waals surface area (Å²) < 4.78 is 5.94. The second-order valence-electron chi connectivity index (χ2n) is 8.84. The highest BCUT2D eigenvalue weighted by molar-refractivity contribution is 7.97. The van der Waals surface area contributed by atoms with Crippen molar-refractivity contribution < 1.29 is 9.53 Å². The number of hydrogen-bond acceptors (Lipinski definition) is 7. The lowest BCUT2D eigenvalue weighted by atomic mass is 10.0. The van der Waals surface area contributed by atoms with Gasteiger partial charge in [0.15, 0.2) is 0 Å². The molecule has 4 aromatic rings. The van der Waals surface area contributed by atoms with Crippen LogP contribution in [0.1, 0.15) is 40.0 Å². The molecule has 0 unspecified atom stereocenters. The molecule has 0 spiro atoms. The molecule has 0 radical (unpaired) electrons. The zero-order valence-corrected chi connectivity index (χ0v) is 22.3. The van der Waals surface area contributed by atoms with Crippen molar-refractivity contribution in [3.63, 3.8) is 0 Å². The summed E-state index contributed by atoms with van der Waals surface area (Å²) in [5.41, 5.74) is 17.2. The fourth-order valence-corrected chi connectivity index (χ4v) is 3.79. The molecule has 0 atom stereocenters. The molecule has 7 nitrogen and oxygen atoms in total. The normalized spacial score (nSPS) is 13.5. The van der Waals surface area contributed by atoms with Gasteiger partial charge in [0.1, 0.15) is 12.4 Å². The first-order valence-electron chi connectivity index (χ1n) is 12.2. The largest absolute Gasteiger partial charge is 0.487 e. The summed E-state index contributed by atoms with van der Waals surface area (Å²) in [5, 5.41) is 0.727. The van der Waals surface area contributed by atoms with Crippen LogP contribution in [0.3, 0.4) is 0 Å². The van der Waals surface area contributed by atoms with Crippen LogP contribution in [0.4, 0.5) is 0 Å². The van der Waals surface area contributed by atoms with Crippen LogP contribution in [-0.4, -0.2) is 40.6 Å². The van der Waals surface area contributed by atoms with Gasteiger partial charge in [-0.2, -0.15) is 11.8 Å². The molecule has 194 valence electrons.